The Bertz CT molecular complexity index is 320. The van der Waals surface area contributed by atoms with Gasteiger partial charge >= 0.3 is 0 Å². The van der Waals surface area contributed by atoms with Crippen molar-refractivity contribution in [3.63, 3.8) is 0 Å². The summed E-state index contributed by atoms with van der Waals surface area (Å²) in [6, 6.07) is 3.20. The van der Waals surface area contributed by atoms with E-state index in [1.54, 1.807) is 6.07 Å². The van der Waals surface area contributed by atoms with Crippen LogP contribution in [0.4, 0.5) is 4.39 Å². The van der Waals surface area contributed by atoms with Crippen molar-refractivity contribution >= 4 is 0 Å². The van der Waals surface area contributed by atoms with E-state index in [0.29, 0.717) is 12.0 Å². The molecule has 0 aliphatic heterocycles. The van der Waals surface area contributed by atoms with Crippen LogP contribution in [0.1, 0.15) is 29.2 Å². The number of halogens is 1. The third kappa shape index (κ3) is 0.950. The lowest BCUT2D eigenvalue weighted by molar-refractivity contribution is 0.176. The second kappa shape index (κ2) is 2.56. The Balaban J connectivity index is 2.64. The van der Waals surface area contributed by atoms with Crippen molar-refractivity contribution in [1.29, 1.82) is 0 Å². The Kier molecular flexibility index (Phi) is 1.65. The second-order valence-corrected chi connectivity index (χ2v) is 3.31. The van der Waals surface area contributed by atoms with Gasteiger partial charge in [-0.2, -0.15) is 0 Å². The highest BCUT2D eigenvalue weighted by atomic mass is 19.1. The smallest absolute Gasteiger partial charge is 0.129 e. The molecular formula is C10H11FO. The van der Waals surface area contributed by atoms with E-state index in [1.807, 2.05) is 6.92 Å². The molecule has 12 heavy (non-hydrogen) atoms. The van der Waals surface area contributed by atoms with Gasteiger partial charge in [0.15, 0.2) is 0 Å². The molecule has 0 radical (unpaired) electrons. The van der Waals surface area contributed by atoms with Crippen LogP contribution in [0.15, 0.2) is 12.1 Å². The molecule has 64 valence electrons. The van der Waals surface area contributed by atoms with Crippen LogP contribution in [-0.2, 0) is 6.42 Å². The predicted molar refractivity (Wildman–Crippen MR) is 44.4 cm³/mol. The number of aryl methyl sites for hydroxylation is 1. The summed E-state index contributed by atoms with van der Waals surface area (Å²) < 4.78 is 13.2. The summed E-state index contributed by atoms with van der Waals surface area (Å²) in [5, 5.41) is 9.45. The van der Waals surface area contributed by atoms with Gasteiger partial charge < -0.3 is 5.11 Å². The zero-order valence-electron chi connectivity index (χ0n) is 6.97. The molecule has 1 N–H and O–H groups in total. The lowest BCUT2D eigenvalue weighted by Crippen LogP contribution is -1.96. The first-order valence-electron chi connectivity index (χ1n) is 4.16. The minimum absolute atomic E-state index is 0.263. The van der Waals surface area contributed by atoms with Crippen molar-refractivity contribution in [1.82, 2.24) is 0 Å². The molecule has 1 atom stereocenters. The number of benzene rings is 1. The molecule has 0 aromatic heterocycles. The highest BCUT2D eigenvalue weighted by Gasteiger charge is 2.24. The van der Waals surface area contributed by atoms with Crippen molar-refractivity contribution in [2.75, 3.05) is 0 Å². The molecule has 2 rings (SSSR count). The first-order chi connectivity index (χ1) is 5.70. The van der Waals surface area contributed by atoms with Crippen LogP contribution in [-0.4, -0.2) is 5.11 Å². The van der Waals surface area contributed by atoms with Crippen LogP contribution in [0.2, 0.25) is 0 Å². The van der Waals surface area contributed by atoms with E-state index in [9.17, 15) is 9.50 Å². The lowest BCUT2D eigenvalue weighted by Gasteiger charge is -2.06. The van der Waals surface area contributed by atoms with Gasteiger partial charge in [-0.15, -0.1) is 0 Å². The van der Waals surface area contributed by atoms with Gasteiger partial charge in [-0.1, -0.05) is 6.07 Å². The number of fused-ring (bicyclic) bond motifs is 1. The van der Waals surface area contributed by atoms with Gasteiger partial charge in [-0.05, 0) is 37.0 Å². The monoisotopic (exact) mass is 166 g/mol. The van der Waals surface area contributed by atoms with Crippen LogP contribution in [0.25, 0.3) is 0 Å². The average molecular weight is 166 g/mol. The number of aliphatic hydroxyl groups excluding tert-OH is 1. The van der Waals surface area contributed by atoms with Crippen LogP contribution in [0.5, 0.6) is 0 Å². The molecule has 1 aromatic carbocycles. The average Bonchev–Trinajstić information content (AvgIpc) is 2.42. The predicted octanol–water partition coefficient (Wildman–Crippen LogP) is 2.11. The summed E-state index contributed by atoms with van der Waals surface area (Å²) in [5.41, 5.74) is 2.61. The van der Waals surface area contributed by atoms with Crippen LogP contribution in [0, 0.1) is 12.7 Å². The molecule has 0 bridgehead atoms. The SMILES string of the molecule is Cc1ccc(F)c2c1CCC2O. The van der Waals surface area contributed by atoms with Crippen LogP contribution in [0.3, 0.4) is 0 Å². The number of aliphatic hydroxyl groups is 1. The van der Waals surface area contributed by atoms with Gasteiger partial charge in [0.1, 0.15) is 5.82 Å². The fourth-order valence-corrected chi connectivity index (χ4v) is 1.86. The van der Waals surface area contributed by atoms with Crippen molar-refractivity contribution in [2.24, 2.45) is 0 Å². The highest BCUT2D eigenvalue weighted by molar-refractivity contribution is 5.40. The molecular weight excluding hydrogens is 155 g/mol. The molecule has 1 aliphatic carbocycles. The topological polar surface area (TPSA) is 20.2 Å². The molecule has 1 nitrogen and oxygen atoms in total. The van der Waals surface area contributed by atoms with Gasteiger partial charge in [0, 0.05) is 5.56 Å². The summed E-state index contributed by atoms with van der Waals surface area (Å²) in [6.45, 7) is 1.95. The largest absolute Gasteiger partial charge is 0.388 e. The van der Waals surface area contributed by atoms with E-state index >= 15 is 0 Å². The summed E-state index contributed by atoms with van der Waals surface area (Å²) >= 11 is 0. The van der Waals surface area contributed by atoms with Gasteiger partial charge in [-0.25, -0.2) is 4.39 Å². The standard InChI is InChI=1S/C10H11FO/c1-6-2-4-8(11)10-7(6)3-5-9(10)12/h2,4,9,12H,3,5H2,1H3. The van der Waals surface area contributed by atoms with Gasteiger partial charge in [-0.3, -0.25) is 0 Å². The third-order valence-corrected chi connectivity index (χ3v) is 2.54. The van der Waals surface area contributed by atoms with Gasteiger partial charge in [0.05, 0.1) is 6.10 Å². The summed E-state index contributed by atoms with van der Waals surface area (Å²) in [7, 11) is 0. The van der Waals surface area contributed by atoms with E-state index in [4.69, 9.17) is 0 Å². The normalized spacial score (nSPS) is 21.1. The first-order valence-corrected chi connectivity index (χ1v) is 4.16. The molecule has 1 aromatic rings. The summed E-state index contributed by atoms with van der Waals surface area (Å²) in [4.78, 5) is 0. The molecule has 0 heterocycles. The summed E-state index contributed by atoms with van der Waals surface area (Å²) in [5.74, 6) is -0.263. The molecule has 1 aliphatic rings. The van der Waals surface area contributed by atoms with Gasteiger partial charge in [0.2, 0.25) is 0 Å². The molecule has 2 heteroatoms. The second-order valence-electron chi connectivity index (χ2n) is 3.31. The zero-order chi connectivity index (χ0) is 8.72. The van der Waals surface area contributed by atoms with E-state index < -0.39 is 6.10 Å². The fraction of sp³-hybridized carbons (Fsp3) is 0.400. The molecule has 0 spiro atoms. The van der Waals surface area contributed by atoms with Crippen molar-refractivity contribution in [3.8, 4) is 0 Å². The maximum absolute atomic E-state index is 13.2. The van der Waals surface area contributed by atoms with Crippen LogP contribution < -0.4 is 0 Å². The van der Waals surface area contributed by atoms with E-state index in [2.05, 4.69) is 0 Å². The van der Waals surface area contributed by atoms with E-state index in [1.165, 1.54) is 6.07 Å². The fourth-order valence-electron chi connectivity index (χ4n) is 1.86. The Labute approximate surface area is 70.8 Å². The van der Waals surface area contributed by atoms with Crippen molar-refractivity contribution in [2.45, 2.75) is 25.9 Å². The Hall–Kier alpha value is -0.890. The lowest BCUT2D eigenvalue weighted by atomic mass is 10.0. The molecule has 1 unspecified atom stereocenters. The van der Waals surface area contributed by atoms with Crippen molar-refractivity contribution in [3.05, 3.63) is 34.6 Å². The summed E-state index contributed by atoms with van der Waals surface area (Å²) in [6.07, 6.45) is 0.886. The number of hydrogen-bond acceptors (Lipinski definition) is 1. The minimum Gasteiger partial charge on any atom is -0.388 e. The molecule has 0 amide bonds. The third-order valence-electron chi connectivity index (χ3n) is 2.54. The first kappa shape index (κ1) is 7.74. The quantitative estimate of drug-likeness (QED) is 0.625. The molecule has 0 saturated carbocycles. The van der Waals surface area contributed by atoms with Crippen molar-refractivity contribution < 1.29 is 9.50 Å². The highest BCUT2D eigenvalue weighted by Crippen LogP contribution is 2.34. The van der Waals surface area contributed by atoms with Gasteiger partial charge in [0.25, 0.3) is 0 Å². The molecule has 0 fully saturated rings. The van der Waals surface area contributed by atoms with Crippen LogP contribution >= 0.6 is 0 Å². The maximum Gasteiger partial charge on any atom is 0.129 e. The Morgan fingerprint density at radius 1 is 1.50 bits per heavy atom. The Morgan fingerprint density at radius 2 is 2.25 bits per heavy atom. The number of hydrogen-bond donors (Lipinski definition) is 1. The molecule has 0 saturated heterocycles. The number of rotatable bonds is 0. The minimum atomic E-state index is -0.583. The Morgan fingerprint density at radius 3 is 2.92 bits per heavy atom. The van der Waals surface area contributed by atoms with E-state index in [-0.39, 0.29) is 5.82 Å². The zero-order valence-corrected chi connectivity index (χ0v) is 6.97. The van der Waals surface area contributed by atoms with E-state index in [0.717, 1.165) is 17.5 Å². The maximum atomic E-state index is 13.2.